The summed E-state index contributed by atoms with van der Waals surface area (Å²) in [7, 11) is -2.37. The molecular weight excluding hydrogens is 428 g/mol. The molecule has 2 aromatic carbocycles. The summed E-state index contributed by atoms with van der Waals surface area (Å²) in [4.78, 5) is 20.7. The summed E-state index contributed by atoms with van der Waals surface area (Å²) >= 11 is 0. The Bertz CT molecular complexity index is 1200. The number of hydrogen-bond acceptors (Lipinski definition) is 5. The fourth-order valence-electron chi connectivity index (χ4n) is 4.10. The molecule has 32 heavy (non-hydrogen) atoms. The van der Waals surface area contributed by atoms with Gasteiger partial charge in [0.25, 0.3) is 5.91 Å². The van der Waals surface area contributed by atoms with Crippen LogP contribution in [-0.2, 0) is 10.0 Å². The van der Waals surface area contributed by atoms with Crippen molar-refractivity contribution < 1.29 is 17.9 Å². The molecule has 0 aliphatic carbocycles. The molecule has 3 aromatic rings. The highest BCUT2D eigenvalue weighted by atomic mass is 32.2. The maximum atomic E-state index is 13.4. The van der Waals surface area contributed by atoms with Crippen LogP contribution in [0.3, 0.4) is 0 Å². The van der Waals surface area contributed by atoms with Gasteiger partial charge in [-0.25, -0.2) is 13.4 Å². The van der Waals surface area contributed by atoms with Crippen molar-refractivity contribution >= 4 is 27.0 Å². The Labute approximate surface area is 188 Å². The van der Waals surface area contributed by atoms with Crippen LogP contribution in [0.15, 0.2) is 47.4 Å². The monoisotopic (exact) mass is 456 g/mol. The van der Waals surface area contributed by atoms with E-state index in [4.69, 9.17) is 4.74 Å². The van der Waals surface area contributed by atoms with Crippen molar-refractivity contribution in [1.29, 1.82) is 0 Å². The van der Waals surface area contributed by atoms with Crippen LogP contribution in [0.1, 0.15) is 55.3 Å². The standard InChI is InChI=1S/C23H28N4O4S/c1-15-8-6-7-13-27(15)32(29,30)21-14-17(11-12-20(21)31-3)23(28)24-16(2)22-25-18-9-4-5-10-19(18)26-22/h4-5,9-12,14-16H,6-8,13H2,1-3H3,(H,24,28)(H,25,26)/t15-,16+/m0/s1. The topological polar surface area (TPSA) is 104 Å². The predicted octanol–water partition coefficient (Wildman–Crippen LogP) is 3.63. The number of fused-ring (bicyclic) bond motifs is 1. The van der Waals surface area contributed by atoms with Crippen LogP contribution in [0.2, 0.25) is 0 Å². The molecule has 0 unspecified atom stereocenters. The first-order valence-corrected chi connectivity index (χ1v) is 12.2. The molecule has 9 heteroatoms. The molecule has 1 amide bonds. The van der Waals surface area contributed by atoms with Gasteiger partial charge in [0.15, 0.2) is 0 Å². The smallest absolute Gasteiger partial charge is 0.251 e. The Balaban J connectivity index is 1.60. The van der Waals surface area contributed by atoms with Crippen LogP contribution in [0.5, 0.6) is 5.75 Å². The van der Waals surface area contributed by atoms with Crippen molar-refractivity contribution in [2.75, 3.05) is 13.7 Å². The number of hydrogen-bond donors (Lipinski definition) is 2. The number of nitrogens with one attached hydrogen (secondary N) is 2. The molecule has 1 aliphatic heterocycles. The second-order valence-electron chi connectivity index (χ2n) is 8.16. The van der Waals surface area contributed by atoms with E-state index in [0.717, 1.165) is 30.3 Å². The number of aromatic nitrogens is 2. The lowest BCUT2D eigenvalue weighted by atomic mass is 10.1. The highest BCUT2D eigenvalue weighted by molar-refractivity contribution is 7.89. The van der Waals surface area contributed by atoms with Crippen molar-refractivity contribution in [2.24, 2.45) is 0 Å². The third kappa shape index (κ3) is 4.22. The van der Waals surface area contributed by atoms with E-state index in [9.17, 15) is 13.2 Å². The zero-order valence-corrected chi connectivity index (χ0v) is 19.3. The largest absolute Gasteiger partial charge is 0.495 e. The summed E-state index contributed by atoms with van der Waals surface area (Å²) in [6, 6.07) is 11.6. The van der Waals surface area contributed by atoms with Gasteiger partial charge in [-0.1, -0.05) is 18.6 Å². The summed E-state index contributed by atoms with van der Waals surface area (Å²) in [6.07, 6.45) is 2.64. The fraction of sp³-hybridized carbons (Fsp3) is 0.391. The molecule has 2 heterocycles. The Kier molecular flexibility index (Phi) is 6.21. The van der Waals surface area contributed by atoms with E-state index in [1.807, 2.05) is 38.1 Å². The number of para-hydroxylation sites is 2. The van der Waals surface area contributed by atoms with Crippen molar-refractivity contribution in [3.8, 4) is 5.75 Å². The maximum Gasteiger partial charge on any atom is 0.251 e. The lowest BCUT2D eigenvalue weighted by molar-refractivity contribution is 0.0938. The average Bonchev–Trinajstić information content (AvgIpc) is 3.23. The number of imidazole rings is 1. The molecule has 2 atom stereocenters. The van der Waals surface area contributed by atoms with E-state index >= 15 is 0 Å². The van der Waals surface area contributed by atoms with E-state index in [0.29, 0.717) is 12.4 Å². The van der Waals surface area contributed by atoms with Crippen molar-refractivity contribution in [2.45, 2.75) is 50.1 Å². The van der Waals surface area contributed by atoms with Crippen molar-refractivity contribution in [3.63, 3.8) is 0 Å². The molecule has 0 bridgehead atoms. The van der Waals surface area contributed by atoms with E-state index in [-0.39, 0.29) is 34.2 Å². The SMILES string of the molecule is COc1ccc(C(=O)N[C@H](C)c2nc3ccccc3[nH]2)cc1S(=O)(=O)N1CCCC[C@@H]1C. The van der Waals surface area contributed by atoms with Crippen molar-refractivity contribution in [3.05, 3.63) is 53.9 Å². The van der Waals surface area contributed by atoms with Gasteiger partial charge in [-0.05, 0) is 57.0 Å². The fourth-order valence-corrected chi connectivity index (χ4v) is 5.98. The van der Waals surface area contributed by atoms with E-state index in [1.165, 1.54) is 23.5 Å². The molecule has 2 N–H and O–H groups in total. The lowest BCUT2D eigenvalue weighted by Gasteiger charge is -2.32. The van der Waals surface area contributed by atoms with Crippen molar-refractivity contribution in [1.82, 2.24) is 19.6 Å². The number of ether oxygens (including phenoxy) is 1. The van der Waals surface area contributed by atoms with E-state index in [1.54, 1.807) is 6.07 Å². The molecule has 1 fully saturated rings. The third-order valence-corrected chi connectivity index (χ3v) is 7.95. The van der Waals surface area contributed by atoms with Gasteiger partial charge in [-0.3, -0.25) is 4.79 Å². The summed E-state index contributed by atoms with van der Waals surface area (Å²) in [5.41, 5.74) is 1.95. The summed E-state index contributed by atoms with van der Waals surface area (Å²) in [5, 5.41) is 2.90. The molecule has 170 valence electrons. The Morgan fingerprint density at radius 1 is 1.25 bits per heavy atom. The summed E-state index contributed by atoms with van der Waals surface area (Å²) in [6.45, 7) is 4.20. The molecule has 8 nitrogen and oxygen atoms in total. The van der Waals surface area contributed by atoms with Crippen LogP contribution in [0, 0.1) is 0 Å². The molecule has 1 saturated heterocycles. The van der Waals surface area contributed by atoms with Gasteiger partial charge in [-0.15, -0.1) is 0 Å². The van der Waals surface area contributed by atoms with E-state index in [2.05, 4.69) is 15.3 Å². The highest BCUT2D eigenvalue weighted by Crippen LogP contribution is 2.32. The Morgan fingerprint density at radius 3 is 2.75 bits per heavy atom. The number of H-pyrrole nitrogens is 1. The molecule has 4 rings (SSSR count). The zero-order chi connectivity index (χ0) is 22.9. The van der Waals surface area contributed by atoms with Gasteiger partial charge in [0.1, 0.15) is 16.5 Å². The molecule has 1 aliphatic rings. The van der Waals surface area contributed by atoms with Crippen LogP contribution >= 0.6 is 0 Å². The second kappa shape index (κ2) is 8.91. The minimum absolute atomic E-state index is 0.0118. The molecular formula is C23H28N4O4S. The number of nitrogens with zero attached hydrogens (tertiary/aromatic N) is 2. The minimum atomic E-state index is -3.80. The maximum absolute atomic E-state index is 13.4. The Morgan fingerprint density at radius 2 is 2.03 bits per heavy atom. The normalized spacial score (nSPS) is 18.4. The molecule has 0 saturated carbocycles. The van der Waals surface area contributed by atoms with Crippen LogP contribution in [0.4, 0.5) is 0 Å². The van der Waals surface area contributed by atoms with Crippen LogP contribution in [-0.4, -0.2) is 48.3 Å². The zero-order valence-electron chi connectivity index (χ0n) is 18.5. The number of benzene rings is 2. The van der Waals surface area contributed by atoms with Gasteiger partial charge in [0.2, 0.25) is 10.0 Å². The molecule has 1 aromatic heterocycles. The lowest BCUT2D eigenvalue weighted by Crippen LogP contribution is -2.42. The number of aromatic amines is 1. The average molecular weight is 457 g/mol. The molecule has 0 spiro atoms. The van der Waals surface area contributed by atoms with Crippen LogP contribution in [0.25, 0.3) is 11.0 Å². The first kappa shape index (κ1) is 22.3. The number of rotatable bonds is 6. The third-order valence-electron chi connectivity index (χ3n) is 5.92. The number of sulfonamides is 1. The second-order valence-corrected chi connectivity index (χ2v) is 10.0. The van der Waals surface area contributed by atoms with Gasteiger partial charge in [0.05, 0.1) is 24.2 Å². The summed E-state index contributed by atoms with van der Waals surface area (Å²) in [5.74, 6) is 0.469. The predicted molar refractivity (Wildman–Crippen MR) is 122 cm³/mol. The van der Waals surface area contributed by atoms with Gasteiger partial charge in [-0.2, -0.15) is 4.31 Å². The Hall–Kier alpha value is -2.91. The number of piperidine rings is 1. The number of methoxy groups -OCH3 is 1. The minimum Gasteiger partial charge on any atom is -0.495 e. The quantitative estimate of drug-likeness (QED) is 0.589. The highest BCUT2D eigenvalue weighted by Gasteiger charge is 2.33. The van der Waals surface area contributed by atoms with Gasteiger partial charge < -0.3 is 15.0 Å². The summed E-state index contributed by atoms with van der Waals surface area (Å²) < 4.78 is 33.6. The first-order chi connectivity index (χ1) is 15.3. The number of carbonyl (C=O) groups excluding carboxylic acids is 1. The first-order valence-electron chi connectivity index (χ1n) is 10.8. The van der Waals surface area contributed by atoms with Gasteiger partial charge >= 0.3 is 0 Å². The van der Waals surface area contributed by atoms with Gasteiger partial charge in [0, 0.05) is 18.2 Å². The van der Waals surface area contributed by atoms with E-state index < -0.39 is 10.0 Å². The molecule has 0 radical (unpaired) electrons. The number of amides is 1. The van der Waals surface area contributed by atoms with Crippen LogP contribution < -0.4 is 10.1 Å². The number of carbonyl (C=O) groups is 1.